The van der Waals surface area contributed by atoms with E-state index in [-0.39, 0.29) is 11.8 Å². The van der Waals surface area contributed by atoms with Crippen LogP contribution < -0.4 is 10.1 Å². The molecule has 0 saturated heterocycles. The van der Waals surface area contributed by atoms with Gasteiger partial charge in [-0.2, -0.15) is 5.10 Å². The molecule has 1 aliphatic carbocycles. The van der Waals surface area contributed by atoms with Gasteiger partial charge < -0.3 is 10.1 Å². The number of rotatable bonds is 6. The Hall–Kier alpha value is -2.37. The largest absolute Gasteiger partial charge is 0.497 e. The lowest BCUT2D eigenvalue weighted by Crippen LogP contribution is -2.33. The van der Waals surface area contributed by atoms with Crippen LogP contribution in [0, 0.1) is 5.92 Å². The van der Waals surface area contributed by atoms with Gasteiger partial charge in [-0.25, -0.2) is 4.98 Å². The monoisotopic (exact) mass is 328 g/mol. The first-order chi connectivity index (χ1) is 11.8. The number of aromatic nitrogens is 3. The Morgan fingerprint density at radius 1 is 1.25 bits per heavy atom. The van der Waals surface area contributed by atoms with Crippen LogP contribution in [0.1, 0.15) is 37.9 Å². The fraction of sp³-hybridized carbons (Fsp3) is 0.500. The molecule has 0 bridgehead atoms. The number of nitrogens with one attached hydrogen (secondary N) is 2. The third kappa shape index (κ3) is 4.13. The van der Waals surface area contributed by atoms with Crippen LogP contribution in [-0.2, 0) is 11.2 Å². The first-order valence-corrected chi connectivity index (χ1v) is 8.59. The molecule has 0 spiro atoms. The fourth-order valence-electron chi connectivity index (χ4n) is 3.09. The number of hydrogen-bond donors (Lipinski definition) is 2. The molecule has 24 heavy (non-hydrogen) atoms. The summed E-state index contributed by atoms with van der Waals surface area (Å²) in [5.41, 5.74) is 0.935. The van der Waals surface area contributed by atoms with Crippen LogP contribution in [0.4, 0.5) is 0 Å². The smallest absolute Gasteiger partial charge is 0.223 e. The summed E-state index contributed by atoms with van der Waals surface area (Å²) in [6.07, 6.45) is 6.31. The zero-order valence-electron chi connectivity index (χ0n) is 14.0. The van der Waals surface area contributed by atoms with Gasteiger partial charge in [-0.1, -0.05) is 19.3 Å². The Kier molecular flexibility index (Phi) is 5.46. The maximum absolute atomic E-state index is 12.1. The average Bonchev–Trinajstić information content (AvgIpc) is 3.11. The number of carbonyl (C=O) groups excluding carboxylic acids is 1. The first kappa shape index (κ1) is 16.5. The molecule has 1 saturated carbocycles. The Morgan fingerprint density at radius 3 is 2.71 bits per heavy atom. The number of methoxy groups -OCH3 is 1. The summed E-state index contributed by atoms with van der Waals surface area (Å²) in [6, 6.07) is 7.62. The predicted molar refractivity (Wildman–Crippen MR) is 91.7 cm³/mol. The van der Waals surface area contributed by atoms with Crippen molar-refractivity contribution < 1.29 is 9.53 Å². The second kappa shape index (κ2) is 7.95. The van der Waals surface area contributed by atoms with E-state index in [9.17, 15) is 4.79 Å². The van der Waals surface area contributed by atoms with Crippen molar-refractivity contribution in [3.05, 3.63) is 30.1 Å². The lowest BCUT2D eigenvalue weighted by Gasteiger charge is -2.20. The van der Waals surface area contributed by atoms with Gasteiger partial charge in [-0.3, -0.25) is 9.89 Å². The first-order valence-electron chi connectivity index (χ1n) is 8.59. The molecule has 2 aromatic rings. The molecule has 1 amide bonds. The molecule has 1 fully saturated rings. The molecule has 0 aliphatic heterocycles. The number of benzene rings is 1. The SMILES string of the molecule is COc1ccc(-c2n[nH]c(CCNC(=O)C3CCCCC3)n2)cc1. The van der Waals surface area contributed by atoms with E-state index in [1.54, 1.807) is 7.11 Å². The van der Waals surface area contributed by atoms with Crippen molar-refractivity contribution in [2.45, 2.75) is 38.5 Å². The van der Waals surface area contributed by atoms with Crippen molar-refractivity contribution in [1.29, 1.82) is 0 Å². The molecule has 1 aliphatic rings. The standard InChI is InChI=1S/C18H24N4O2/c1-24-15-9-7-13(8-10-15)17-20-16(21-22-17)11-12-19-18(23)14-5-3-2-4-6-14/h7-10,14H,2-6,11-12H2,1H3,(H,19,23)(H,20,21,22). The van der Waals surface area contributed by atoms with E-state index in [1.165, 1.54) is 19.3 Å². The van der Waals surface area contributed by atoms with Gasteiger partial charge in [0.1, 0.15) is 11.6 Å². The second-order valence-electron chi connectivity index (χ2n) is 6.21. The minimum absolute atomic E-state index is 0.185. The van der Waals surface area contributed by atoms with Gasteiger partial charge >= 0.3 is 0 Å². The molecule has 6 heteroatoms. The summed E-state index contributed by atoms with van der Waals surface area (Å²) >= 11 is 0. The third-order valence-corrected chi connectivity index (χ3v) is 4.52. The molecule has 2 N–H and O–H groups in total. The molecule has 0 atom stereocenters. The Bertz CT molecular complexity index is 660. The number of ether oxygens (including phenoxy) is 1. The Labute approximate surface area is 142 Å². The minimum atomic E-state index is 0.185. The van der Waals surface area contributed by atoms with E-state index in [0.29, 0.717) is 18.8 Å². The van der Waals surface area contributed by atoms with E-state index >= 15 is 0 Å². The van der Waals surface area contributed by atoms with E-state index < -0.39 is 0 Å². The van der Waals surface area contributed by atoms with Crippen molar-refractivity contribution in [2.24, 2.45) is 5.92 Å². The van der Waals surface area contributed by atoms with Crippen molar-refractivity contribution in [3.8, 4) is 17.1 Å². The van der Waals surface area contributed by atoms with Crippen LogP contribution in [0.3, 0.4) is 0 Å². The molecule has 0 unspecified atom stereocenters. The number of hydrogen-bond acceptors (Lipinski definition) is 4. The van der Waals surface area contributed by atoms with E-state index in [0.717, 1.165) is 30.0 Å². The maximum atomic E-state index is 12.1. The Morgan fingerprint density at radius 2 is 2.00 bits per heavy atom. The van der Waals surface area contributed by atoms with Crippen LogP contribution >= 0.6 is 0 Å². The summed E-state index contributed by atoms with van der Waals surface area (Å²) in [4.78, 5) is 16.6. The zero-order valence-corrected chi connectivity index (χ0v) is 14.0. The van der Waals surface area contributed by atoms with Crippen LogP contribution in [0.15, 0.2) is 24.3 Å². The fourth-order valence-corrected chi connectivity index (χ4v) is 3.09. The van der Waals surface area contributed by atoms with Crippen molar-refractivity contribution in [1.82, 2.24) is 20.5 Å². The topological polar surface area (TPSA) is 79.9 Å². The van der Waals surface area contributed by atoms with Crippen molar-refractivity contribution in [3.63, 3.8) is 0 Å². The van der Waals surface area contributed by atoms with Crippen LogP contribution in [-0.4, -0.2) is 34.7 Å². The van der Waals surface area contributed by atoms with E-state index in [1.807, 2.05) is 24.3 Å². The molecule has 1 aromatic carbocycles. The summed E-state index contributed by atoms with van der Waals surface area (Å²) < 4.78 is 5.15. The molecule has 6 nitrogen and oxygen atoms in total. The minimum Gasteiger partial charge on any atom is -0.497 e. The summed E-state index contributed by atoms with van der Waals surface area (Å²) in [5.74, 6) is 2.63. The Balaban J connectivity index is 1.49. The molecule has 1 aromatic heterocycles. The van der Waals surface area contributed by atoms with Crippen molar-refractivity contribution in [2.75, 3.05) is 13.7 Å². The number of H-pyrrole nitrogens is 1. The lowest BCUT2D eigenvalue weighted by atomic mass is 9.89. The van der Waals surface area contributed by atoms with Gasteiger partial charge in [-0.15, -0.1) is 0 Å². The summed E-state index contributed by atoms with van der Waals surface area (Å²) in [6.45, 7) is 0.590. The molecule has 3 rings (SSSR count). The van der Waals surface area contributed by atoms with Gasteiger partial charge in [0.05, 0.1) is 7.11 Å². The predicted octanol–water partition coefficient (Wildman–Crippen LogP) is 2.72. The van der Waals surface area contributed by atoms with E-state index in [2.05, 4.69) is 20.5 Å². The van der Waals surface area contributed by atoms with Gasteiger partial charge in [0.15, 0.2) is 5.82 Å². The highest BCUT2D eigenvalue weighted by Gasteiger charge is 2.20. The summed E-state index contributed by atoms with van der Waals surface area (Å²) in [7, 11) is 1.64. The van der Waals surface area contributed by atoms with E-state index in [4.69, 9.17) is 4.74 Å². The van der Waals surface area contributed by atoms with Gasteiger partial charge in [0, 0.05) is 24.4 Å². The van der Waals surface area contributed by atoms with Gasteiger partial charge in [0.2, 0.25) is 5.91 Å². The maximum Gasteiger partial charge on any atom is 0.223 e. The average molecular weight is 328 g/mol. The summed E-state index contributed by atoms with van der Waals surface area (Å²) in [5, 5.41) is 10.2. The van der Waals surface area contributed by atoms with Gasteiger partial charge in [-0.05, 0) is 37.1 Å². The van der Waals surface area contributed by atoms with Crippen molar-refractivity contribution >= 4 is 5.91 Å². The number of amides is 1. The van der Waals surface area contributed by atoms with Crippen LogP contribution in [0.2, 0.25) is 0 Å². The second-order valence-corrected chi connectivity index (χ2v) is 6.21. The highest BCUT2D eigenvalue weighted by Crippen LogP contribution is 2.23. The molecule has 1 heterocycles. The number of aromatic amines is 1. The zero-order chi connectivity index (χ0) is 16.8. The number of carbonyl (C=O) groups is 1. The highest BCUT2D eigenvalue weighted by molar-refractivity contribution is 5.78. The quantitative estimate of drug-likeness (QED) is 0.854. The third-order valence-electron chi connectivity index (χ3n) is 4.52. The molecular weight excluding hydrogens is 304 g/mol. The molecular formula is C18H24N4O2. The normalized spacial score (nSPS) is 15.2. The lowest BCUT2D eigenvalue weighted by molar-refractivity contribution is -0.125. The van der Waals surface area contributed by atoms with Crippen LogP contribution in [0.25, 0.3) is 11.4 Å². The number of nitrogens with zero attached hydrogens (tertiary/aromatic N) is 2. The van der Waals surface area contributed by atoms with Gasteiger partial charge in [0.25, 0.3) is 0 Å². The highest BCUT2D eigenvalue weighted by atomic mass is 16.5. The molecule has 128 valence electrons. The molecule has 0 radical (unpaired) electrons. The van der Waals surface area contributed by atoms with Crippen LogP contribution in [0.5, 0.6) is 5.75 Å².